The van der Waals surface area contributed by atoms with Crippen LogP contribution in [-0.2, 0) is 9.59 Å². The third kappa shape index (κ3) is 4.72. The molecule has 2 fully saturated rings. The summed E-state index contributed by atoms with van der Waals surface area (Å²) in [6.07, 6.45) is 10.0. The molecule has 0 aromatic carbocycles. The summed E-state index contributed by atoms with van der Waals surface area (Å²) < 4.78 is 0. The van der Waals surface area contributed by atoms with Gasteiger partial charge in [-0.2, -0.15) is 0 Å². The lowest BCUT2D eigenvalue weighted by molar-refractivity contribution is -0.144. The summed E-state index contributed by atoms with van der Waals surface area (Å²) in [5.74, 6) is 0.113. The number of hydrogen-bond donors (Lipinski definition) is 2. The second-order valence-electron chi connectivity index (χ2n) is 6.90. The summed E-state index contributed by atoms with van der Waals surface area (Å²) in [6.45, 7) is 2.24. The fourth-order valence-electron chi connectivity index (χ4n) is 3.93. The normalized spacial score (nSPS) is 33.4. The molecule has 2 aliphatic rings. The molecule has 0 unspecified atom stereocenters. The van der Waals surface area contributed by atoms with E-state index in [1.807, 2.05) is 0 Å². The standard InChI is InChI=1S/C17H29NO3/c1-2-3-12-4-10-15(11-5-12)18-16(19)13-6-8-14(9-7-13)17(20)21/h12-15H,2-11H2,1H3,(H,18,19)(H,20,21). The Morgan fingerprint density at radius 3 is 2.05 bits per heavy atom. The number of nitrogens with one attached hydrogen (secondary N) is 1. The van der Waals surface area contributed by atoms with E-state index in [9.17, 15) is 9.59 Å². The Morgan fingerprint density at radius 1 is 0.952 bits per heavy atom. The van der Waals surface area contributed by atoms with Gasteiger partial charge in [0.15, 0.2) is 0 Å². The van der Waals surface area contributed by atoms with Crippen molar-refractivity contribution in [1.29, 1.82) is 0 Å². The van der Waals surface area contributed by atoms with Gasteiger partial charge in [0.2, 0.25) is 5.91 Å². The van der Waals surface area contributed by atoms with Crippen molar-refractivity contribution in [2.75, 3.05) is 0 Å². The van der Waals surface area contributed by atoms with Crippen molar-refractivity contribution in [3.8, 4) is 0 Å². The second kappa shape index (κ2) is 7.81. The van der Waals surface area contributed by atoms with Crippen molar-refractivity contribution in [2.24, 2.45) is 17.8 Å². The Balaban J connectivity index is 1.70. The van der Waals surface area contributed by atoms with Crippen LogP contribution in [0.3, 0.4) is 0 Å². The molecule has 0 spiro atoms. The minimum absolute atomic E-state index is 0.0361. The molecule has 2 aliphatic carbocycles. The van der Waals surface area contributed by atoms with Crippen molar-refractivity contribution in [1.82, 2.24) is 5.32 Å². The minimum atomic E-state index is -0.705. The number of carboxylic acid groups (broad SMARTS) is 1. The van der Waals surface area contributed by atoms with Crippen molar-refractivity contribution in [2.45, 2.75) is 77.2 Å². The van der Waals surface area contributed by atoms with Crippen molar-refractivity contribution >= 4 is 11.9 Å². The van der Waals surface area contributed by atoms with Crippen LogP contribution in [-0.4, -0.2) is 23.0 Å². The average Bonchev–Trinajstić information content (AvgIpc) is 2.49. The first-order valence-electron chi connectivity index (χ1n) is 8.63. The van der Waals surface area contributed by atoms with E-state index in [-0.39, 0.29) is 17.7 Å². The van der Waals surface area contributed by atoms with E-state index in [0.717, 1.165) is 31.6 Å². The smallest absolute Gasteiger partial charge is 0.306 e. The SMILES string of the molecule is CCCC1CCC(NC(=O)C2CCC(C(=O)O)CC2)CC1. The number of rotatable bonds is 5. The van der Waals surface area contributed by atoms with Gasteiger partial charge in [0, 0.05) is 12.0 Å². The van der Waals surface area contributed by atoms with Crippen LogP contribution in [0.1, 0.15) is 71.1 Å². The zero-order chi connectivity index (χ0) is 15.2. The van der Waals surface area contributed by atoms with E-state index in [0.29, 0.717) is 18.9 Å². The Labute approximate surface area is 127 Å². The van der Waals surface area contributed by atoms with Gasteiger partial charge >= 0.3 is 5.97 Å². The molecule has 4 heteroatoms. The van der Waals surface area contributed by atoms with Gasteiger partial charge in [0.25, 0.3) is 0 Å². The lowest BCUT2D eigenvalue weighted by Gasteiger charge is -2.31. The highest BCUT2D eigenvalue weighted by Crippen LogP contribution is 2.31. The maximum absolute atomic E-state index is 12.3. The molecule has 2 saturated carbocycles. The fraction of sp³-hybridized carbons (Fsp3) is 0.882. The monoisotopic (exact) mass is 295 g/mol. The first kappa shape index (κ1) is 16.3. The number of carboxylic acids is 1. The predicted octanol–water partition coefficient (Wildman–Crippen LogP) is 3.35. The van der Waals surface area contributed by atoms with Crippen molar-refractivity contribution in [3.05, 3.63) is 0 Å². The topological polar surface area (TPSA) is 66.4 Å². The molecule has 2 rings (SSSR count). The van der Waals surface area contributed by atoms with Crippen LogP contribution in [0.2, 0.25) is 0 Å². The molecular weight excluding hydrogens is 266 g/mol. The number of amides is 1. The quantitative estimate of drug-likeness (QED) is 0.817. The van der Waals surface area contributed by atoms with Crippen LogP contribution in [0.5, 0.6) is 0 Å². The first-order valence-corrected chi connectivity index (χ1v) is 8.63. The Kier molecular flexibility index (Phi) is 6.07. The average molecular weight is 295 g/mol. The summed E-state index contributed by atoms with van der Waals surface area (Å²) >= 11 is 0. The Bertz CT molecular complexity index is 353. The van der Waals surface area contributed by atoms with Crippen molar-refractivity contribution in [3.63, 3.8) is 0 Å². The Hall–Kier alpha value is -1.06. The maximum Gasteiger partial charge on any atom is 0.306 e. The summed E-state index contributed by atoms with van der Waals surface area (Å²) in [5.41, 5.74) is 0. The van der Waals surface area contributed by atoms with Gasteiger partial charge in [0.05, 0.1) is 5.92 Å². The number of aliphatic carboxylic acids is 1. The number of carbonyl (C=O) groups excluding carboxylic acids is 1. The third-order valence-electron chi connectivity index (χ3n) is 5.34. The molecule has 0 aliphatic heterocycles. The van der Waals surface area contributed by atoms with E-state index < -0.39 is 5.97 Å². The lowest BCUT2D eigenvalue weighted by atomic mass is 9.80. The molecule has 0 atom stereocenters. The molecule has 1 amide bonds. The van der Waals surface area contributed by atoms with E-state index in [4.69, 9.17) is 5.11 Å². The van der Waals surface area contributed by atoms with Gasteiger partial charge in [-0.05, 0) is 57.3 Å². The fourth-order valence-corrected chi connectivity index (χ4v) is 3.93. The Morgan fingerprint density at radius 2 is 1.52 bits per heavy atom. The van der Waals surface area contributed by atoms with Crippen LogP contribution in [0.4, 0.5) is 0 Å². The van der Waals surface area contributed by atoms with E-state index >= 15 is 0 Å². The lowest BCUT2D eigenvalue weighted by Crippen LogP contribution is -2.42. The highest BCUT2D eigenvalue weighted by atomic mass is 16.4. The zero-order valence-corrected chi connectivity index (χ0v) is 13.1. The summed E-state index contributed by atoms with van der Waals surface area (Å²) in [7, 11) is 0. The van der Waals surface area contributed by atoms with Crippen LogP contribution in [0.15, 0.2) is 0 Å². The highest BCUT2D eigenvalue weighted by molar-refractivity contribution is 5.79. The van der Waals surface area contributed by atoms with Gasteiger partial charge in [-0.1, -0.05) is 19.8 Å². The van der Waals surface area contributed by atoms with E-state index in [1.54, 1.807) is 0 Å². The number of carbonyl (C=O) groups is 2. The number of hydrogen-bond acceptors (Lipinski definition) is 2. The van der Waals surface area contributed by atoms with Gasteiger partial charge in [-0.25, -0.2) is 0 Å². The van der Waals surface area contributed by atoms with Crippen LogP contribution in [0.25, 0.3) is 0 Å². The molecule has 2 N–H and O–H groups in total. The van der Waals surface area contributed by atoms with Gasteiger partial charge in [0.1, 0.15) is 0 Å². The second-order valence-corrected chi connectivity index (χ2v) is 6.90. The molecule has 4 nitrogen and oxygen atoms in total. The molecule has 0 bridgehead atoms. The molecule has 0 saturated heterocycles. The van der Waals surface area contributed by atoms with E-state index in [2.05, 4.69) is 12.2 Å². The maximum atomic E-state index is 12.3. The summed E-state index contributed by atoms with van der Waals surface area (Å²) in [5, 5.41) is 12.2. The van der Waals surface area contributed by atoms with Crippen molar-refractivity contribution < 1.29 is 14.7 Å². The van der Waals surface area contributed by atoms with Gasteiger partial charge in [-0.15, -0.1) is 0 Å². The van der Waals surface area contributed by atoms with Crippen LogP contribution in [0, 0.1) is 17.8 Å². The van der Waals surface area contributed by atoms with Crippen LogP contribution < -0.4 is 5.32 Å². The molecule has 0 radical (unpaired) electrons. The third-order valence-corrected chi connectivity index (χ3v) is 5.34. The van der Waals surface area contributed by atoms with Crippen LogP contribution >= 0.6 is 0 Å². The molecule has 0 aromatic rings. The molecule has 0 heterocycles. The molecule has 21 heavy (non-hydrogen) atoms. The van der Waals surface area contributed by atoms with E-state index in [1.165, 1.54) is 25.7 Å². The highest BCUT2D eigenvalue weighted by Gasteiger charge is 2.31. The molecule has 0 aromatic heterocycles. The molecule has 120 valence electrons. The summed E-state index contributed by atoms with van der Waals surface area (Å²) in [4.78, 5) is 23.2. The minimum Gasteiger partial charge on any atom is -0.481 e. The first-order chi connectivity index (χ1) is 10.1. The summed E-state index contributed by atoms with van der Waals surface area (Å²) in [6, 6.07) is 0.350. The van der Waals surface area contributed by atoms with Gasteiger partial charge in [-0.3, -0.25) is 9.59 Å². The predicted molar refractivity (Wildman–Crippen MR) is 81.9 cm³/mol. The largest absolute Gasteiger partial charge is 0.481 e. The zero-order valence-electron chi connectivity index (χ0n) is 13.1. The molecular formula is C17H29NO3. The van der Waals surface area contributed by atoms with Gasteiger partial charge < -0.3 is 10.4 Å².